The number of aromatic nitrogens is 2. The molecule has 3 nitrogen and oxygen atoms in total. The number of nitrogens with zero attached hydrogens (tertiary/aromatic N) is 2. The summed E-state index contributed by atoms with van der Waals surface area (Å²) in [6, 6.07) is 10.1. The molecule has 0 saturated heterocycles. The van der Waals surface area contributed by atoms with Crippen LogP contribution < -0.4 is 5.73 Å². The van der Waals surface area contributed by atoms with Gasteiger partial charge in [0.25, 0.3) is 0 Å². The van der Waals surface area contributed by atoms with Gasteiger partial charge in [0, 0.05) is 11.5 Å². The minimum Gasteiger partial charge on any atom is -0.383 e. The molecule has 2 atom stereocenters. The van der Waals surface area contributed by atoms with E-state index in [1.54, 1.807) is 0 Å². The van der Waals surface area contributed by atoms with Crippen molar-refractivity contribution in [3.63, 3.8) is 0 Å². The first kappa shape index (κ1) is 14.5. The van der Waals surface area contributed by atoms with Crippen LogP contribution in [0.5, 0.6) is 0 Å². The lowest BCUT2D eigenvalue weighted by Gasteiger charge is -2.26. The highest BCUT2D eigenvalue weighted by atomic mass is 79.9. The van der Waals surface area contributed by atoms with E-state index in [1.165, 1.54) is 19.3 Å². The minimum atomic E-state index is 0.437. The number of hydrogen-bond acceptors (Lipinski definition) is 3. The summed E-state index contributed by atoms with van der Waals surface area (Å²) in [4.78, 5) is 9.36. The Morgan fingerprint density at radius 3 is 2.62 bits per heavy atom. The number of halogens is 1. The second-order valence-corrected chi connectivity index (χ2v) is 6.76. The SMILES string of the molecule is CC1CCCC(c2nc(N)c(Br)c(-c3ccccc3)n2)C1. The molecule has 0 amide bonds. The molecule has 4 heteroatoms. The van der Waals surface area contributed by atoms with E-state index in [4.69, 9.17) is 10.7 Å². The van der Waals surface area contributed by atoms with E-state index < -0.39 is 0 Å². The minimum absolute atomic E-state index is 0.437. The van der Waals surface area contributed by atoms with Gasteiger partial charge in [-0.3, -0.25) is 0 Å². The Morgan fingerprint density at radius 2 is 1.90 bits per heavy atom. The van der Waals surface area contributed by atoms with Crippen LogP contribution in [0.2, 0.25) is 0 Å². The van der Waals surface area contributed by atoms with Crippen molar-refractivity contribution in [2.24, 2.45) is 5.92 Å². The van der Waals surface area contributed by atoms with Gasteiger partial charge in [0.05, 0.1) is 10.2 Å². The van der Waals surface area contributed by atoms with E-state index in [-0.39, 0.29) is 0 Å². The number of nitrogens with two attached hydrogens (primary N) is 1. The normalized spacial score (nSPS) is 22.2. The fourth-order valence-electron chi connectivity index (χ4n) is 3.12. The Hall–Kier alpha value is -1.42. The van der Waals surface area contributed by atoms with Crippen LogP contribution in [0.15, 0.2) is 34.8 Å². The third kappa shape index (κ3) is 3.10. The number of nitrogen functional groups attached to an aromatic ring is 1. The second-order valence-electron chi connectivity index (χ2n) is 5.96. The van der Waals surface area contributed by atoms with E-state index in [2.05, 4.69) is 40.0 Å². The Morgan fingerprint density at radius 1 is 1.14 bits per heavy atom. The molecule has 2 aromatic rings. The smallest absolute Gasteiger partial charge is 0.142 e. The first-order chi connectivity index (χ1) is 10.1. The molecule has 0 spiro atoms. The van der Waals surface area contributed by atoms with Crippen molar-refractivity contribution in [1.82, 2.24) is 9.97 Å². The molecule has 0 bridgehead atoms. The predicted octanol–water partition coefficient (Wildman–Crippen LogP) is 4.78. The molecule has 1 aliphatic carbocycles. The van der Waals surface area contributed by atoms with Gasteiger partial charge in [-0.15, -0.1) is 0 Å². The molecule has 1 saturated carbocycles. The molecule has 0 radical (unpaired) electrons. The Balaban J connectivity index is 2.01. The maximum atomic E-state index is 6.10. The molecular formula is C17H20BrN3. The van der Waals surface area contributed by atoms with Crippen molar-refractivity contribution in [1.29, 1.82) is 0 Å². The summed E-state index contributed by atoms with van der Waals surface area (Å²) in [7, 11) is 0. The van der Waals surface area contributed by atoms with Crippen LogP contribution >= 0.6 is 15.9 Å². The van der Waals surface area contributed by atoms with Crippen LogP contribution in [0.25, 0.3) is 11.3 Å². The summed E-state index contributed by atoms with van der Waals surface area (Å²) in [6.45, 7) is 2.31. The lowest BCUT2D eigenvalue weighted by molar-refractivity contribution is 0.335. The summed E-state index contributed by atoms with van der Waals surface area (Å²) in [5.41, 5.74) is 8.07. The maximum absolute atomic E-state index is 6.10. The van der Waals surface area contributed by atoms with Crippen LogP contribution in [-0.2, 0) is 0 Å². The van der Waals surface area contributed by atoms with Crippen LogP contribution in [0.3, 0.4) is 0 Å². The molecule has 1 fully saturated rings. The molecular weight excluding hydrogens is 326 g/mol. The lowest BCUT2D eigenvalue weighted by atomic mass is 9.82. The molecule has 21 heavy (non-hydrogen) atoms. The zero-order valence-electron chi connectivity index (χ0n) is 12.2. The van der Waals surface area contributed by atoms with E-state index >= 15 is 0 Å². The molecule has 1 aliphatic rings. The third-order valence-electron chi connectivity index (χ3n) is 4.24. The van der Waals surface area contributed by atoms with Crippen molar-refractivity contribution < 1.29 is 0 Å². The number of hydrogen-bond donors (Lipinski definition) is 1. The third-order valence-corrected chi connectivity index (χ3v) is 5.02. The topological polar surface area (TPSA) is 51.8 Å². The van der Waals surface area contributed by atoms with E-state index in [0.29, 0.717) is 11.7 Å². The van der Waals surface area contributed by atoms with Crippen LogP contribution in [0, 0.1) is 5.92 Å². The van der Waals surface area contributed by atoms with Gasteiger partial charge in [0.1, 0.15) is 11.6 Å². The zero-order valence-corrected chi connectivity index (χ0v) is 13.8. The van der Waals surface area contributed by atoms with E-state index in [1.807, 2.05) is 18.2 Å². The summed E-state index contributed by atoms with van der Waals surface area (Å²) < 4.78 is 0.793. The number of anilines is 1. The van der Waals surface area contributed by atoms with Gasteiger partial charge in [0.15, 0.2) is 0 Å². The highest BCUT2D eigenvalue weighted by molar-refractivity contribution is 9.10. The van der Waals surface area contributed by atoms with Crippen LogP contribution in [0.1, 0.15) is 44.3 Å². The number of benzene rings is 1. The first-order valence-corrected chi connectivity index (χ1v) is 8.32. The van der Waals surface area contributed by atoms with Gasteiger partial charge < -0.3 is 5.73 Å². The standard InChI is InChI=1S/C17H20BrN3/c1-11-6-5-9-13(10-11)17-20-15(14(18)16(19)21-17)12-7-3-2-4-8-12/h2-4,7-8,11,13H,5-6,9-10H2,1H3,(H2,19,20,21). The first-order valence-electron chi connectivity index (χ1n) is 7.53. The Kier molecular flexibility index (Phi) is 4.24. The molecule has 3 rings (SSSR count). The van der Waals surface area contributed by atoms with Gasteiger partial charge >= 0.3 is 0 Å². The molecule has 2 unspecified atom stereocenters. The quantitative estimate of drug-likeness (QED) is 0.851. The van der Waals surface area contributed by atoms with Crippen molar-refractivity contribution >= 4 is 21.7 Å². The summed E-state index contributed by atoms with van der Waals surface area (Å²) in [5.74, 6) is 2.63. The maximum Gasteiger partial charge on any atom is 0.142 e. The molecule has 110 valence electrons. The van der Waals surface area contributed by atoms with Gasteiger partial charge in [-0.2, -0.15) is 0 Å². The van der Waals surface area contributed by atoms with Crippen molar-refractivity contribution in [2.75, 3.05) is 5.73 Å². The van der Waals surface area contributed by atoms with Gasteiger partial charge in [-0.05, 0) is 34.7 Å². The van der Waals surface area contributed by atoms with Crippen molar-refractivity contribution in [3.8, 4) is 11.3 Å². The lowest BCUT2D eigenvalue weighted by Crippen LogP contribution is -2.15. The van der Waals surface area contributed by atoms with Crippen LogP contribution in [-0.4, -0.2) is 9.97 Å². The monoisotopic (exact) mass is 345 g/mol. The Labute approximate surface area is 134 Å². The average Bonchev–Trinajstić information content (AvgIpc) is 2.51. The molecule has 2 N–H and O–H groups in total. The fourth-order valence-corrected chi connectivity index (χ4v) is 3.53. The molecule has 1 aromatic carbocycles. The van der Waals surface area contributed by atoms with Crippen molar-refractivity contribution in [3.05, 3.63) is 40.6 Å². The molecule has 0 aliphatic heterocycles. The highest BCUT2D eigenvalue weighted by Crippen LogP contribution is 2.37. The van der Waals surface area contributed by atoms with Gasteiger partial charge in [0.2, 0.25) is 0 Å². The fraction of sp³-hybridized carbons (Fsp3) is 0.412. The predicted molar refractivity (Wildman–Crippen MR) is 90.0 cm³/mol. The van der Waals surface area contributed by atoms with Crippen molar-refractivity contribution in [2.45, 2.75) is 38.5 Å². The van der Waals surface area contributed by atoms with E-state index in [9.17, 15) is 0 Å². The van der Waals surface area contributed by atoms with Crippen LogP contribution in [0.4, 0.5) is 5.82 Å². The Bertz CT molecular complexity index is 627. The van der Waals surface area contributed by atoms with E-state index in [0.717, 1.165) is 33.9 Å². The molecule has 1 aromatic heterocycles. The number of rotatable bonds is 2. The summed E-state index contributed by atoms with van der Waals surface area (Å²) in [6.07, 6.45) is 4.90. The average molecular weight is 346 g/mol. The largest absolute Gasteiger partial charge is 0.383 e. The molecule has 1 heterocycles. The van der Waals surface area contributed by atoms with Gasteiger partial charge in [-0.1, -0.05) is 50.1 Å². The summed E-state index contributed by atoms with van der Waals surface area (Å²) >= 11 is 3.54. The second kappa shape index (κ2) is 6.14. The summed E-state index contributed by atoms with van der Waals surface area (Å²) in [5, 5.41) is 0. The van der Waals surface area contributed by atoms with Gasteiger partial charge in [-0.25, -0.2) is 9.97 Å². The highest BCUT2D eigenvalue weighted by Gasteiger charge is 2.24. The zero-order chi connectivity index (χ0) is 14.8.